The van der Waals surface area contributed by atoms with Crippen LogP contribution in [-0.4, -0.2) is 59.0 Å². The molecule has 0 bridgehead atoms. The van der Waals surface area contributed by atoms with Crippen molar-refractivity contribution in [2.45, 2.75) is 22.6 Å². The van der Waals surface area contributed by atoms with Crippen LogP contribution in [0.15, 0.2) is 58.3 Å². The van der Waals surface area contributed by atoms with Gasteiger partial charge < -0.3 is 10.1 Å². The number of nitrogens with zero attached hydrogens (tertiary/aromatic N) is 1. The van der Waals surface area contributed by atoms with Gasteiger partial charge >= 0.3 is 5.97 Å². The molecule has 11 heteroatoms. The van der Waals surface area contributed by atoms with E-state index < -0.39 is 38.3 Å². The predicted octanol–water partition coefficient (Wildman–Crippen LogP) is 1.67. The summed E-state index contributed by atoms with van der Waals surface area (Å²) in [5, 5.41) is 2.52. The van der Waals surface area contributed by atoms with Crippen LogP contribution >= 0.6 is 0 Å². The molecule has 1 saturated heterocycles. The van der Waals surface area contributed by atoms with Gasteiger partial charge in [-0.15, -0.1) is 0 Å². The average molecular weight is 467 g/mol. The maximum atomic E-state index is 12.5. The Labute approximate surface area is 181 Å². The number of anilines is 1. The maximum Gasteiger partial charge on any atom is 0.338 e. The smallest absolute Gasteiger partial charge is 0.338 e. The Kier molecular flexibility index (Phi) is 6.77. The third kappa shape index (κ3) is 5.69. The van der Waals surface area contributed by atoms with Gasteiger partial charge in [0, 0.05) is 25.0 Å². The summed E-state index contributed by atoms with van der Waals surface area (Å²) in [6.45, 7) is 0.451. The number of amides is 1. The molecule has 1 aliphatic heterocycles. The van der Waals surface area contributed by atoms with Crippen molar-refractivity contribution in [1.82, 2.24) is 4.31 Å². The van der Waals surface area contributed by atoms with Crippen molar-refractivity contribution >= 4 is 37.4 Å². The number of sulfonamides is 1. The highest BCUT2D eigenvalue weighted by atomic mass is 32.2. The lowest BCUT2D eigenvalue weighted by Crippen LogP contribution is -2.27. The first-order valence-corrected chi connectivity index (χ1v) is 12.8. The molecule has 1 aliphatic rings. The molecule has 166 valence electrons. The van der Waals surface area contributed by atoms with E-state index in [2.05, 4.69) is 5.32 Å². The Bertz CT molecular complexity index is 1170. The van der Waals surface area contributed by atoms with Gasteiger partial charge in [-0.25, -0.2) is 21.6 Å². The fourth-order valence-electron chi connectivity index (χ4n) is 3.04. The second-order valence-electron chi connectivity index (χ2n) is 7.06. The van der Waals surface area contributed by atoms with E-state index in [-0.39, 0.29) is 15.4 Å². The molecule has 0 spiro atoms. The molecule has 2 aromatic rings. The third-order valence-electron chi connectivity index (χ3n) is 4.69. The van der Waals surface area contributed by atoms with Crippen LogP contribution in [0.25, 0.3) is 0 Å². The lowest BCUT2D eigenvalue weighted by atomic mass is 10.2. The number of carbonyl (C=O) groups is 2. The molecular weight excluding hydrogens is 444 g/mol. The van der Waals surface area contributed by atoms with Gasteiger partial charge in [0.2, 0.25) is 10.0 Å². The van der Waals surface area contributed by atoms with Crippen molar-refractivity contribution < 1.29 is 31.2 Å². The second-order valence-corrected chi connectivity index (χ2v) is 11.0. The van der Waals surface area contributed by atoms with E-state index in [9.17, 15) is 26.4 Å². The Morgan fingerprint density at radius 2 is 1.45 bits per heavy atom. The fourth-order valence-corrected chi connectivity index (χ4v) is 5.19. The summed E-state index contributed by atoms with van der Waals surface area (Å²) in [6, 6.07) is 10.9. The average Bonchev–Trinajstić information content (AvgIpc) is 3.28. The van der Waals surface area contributed by atoms with E-state index in [1.807, 2.05) is 0 Å². The maximum absolute atomic E-state index is 12.5. The SMILES string of the molecule is CS(=O)(=O)c1ccc(C(=O)OCC(=O)Nc2ccc(S(=O)(=O)N3CCCC3)cc2)cc1. The molecule has 1 heterocycles. The Balaban J connectivity index is 1.54. The summed E-state index contributed by atoms with van der Waals surface area (Å²) < 4.78 is 54.3. The topological polar surface area (TPSA) is 127 Å². The van der Waals surface area contributed by atoms with Gasteiger partial charge in [-0.05, 0) is 61.4 Å². The quantitative estimate of drug-likeness (QED) is 0.615. The van der Waals surface area contributed by atoms with Gasteiger partial charge in [0.1, 0.15) is 0 Å². The molecule has 9 nitrogen and oxygen atoms in total. The van der Waals surface area contributed by atoms with Gasteiger partial charge in [-0.1, -0.05) is 0 Å². The van der Waals surface area contributed by atoms with E-state index in [0.717, 1.165) is 19.1 Å². The minimum Gasteiger partial charge on any atom is -0.452 e. The number of ether oxygens (including phenoxy) is 1. The first kappa shape index (κ1) is 22.9. The van der Waals surface area contributed by atoms with Crippen LogP contribution < -0.4 is 5.32 Å². The van der Waals surface area contributed by atoms with E-state index >= 15 is 0 Å². The zero-order chi connectivity index (χ0) is 22.6. The van der Waals surface area contributed by atoms with E-state index in [0.29, 0.717) is 18.8 Å². The molecule has 1 amide bonds. The monoisotopic (exact) mass is 466 g/mol. The van der Waals surface area contributed by atoms with Crippen molar-refractivity contribution in [2.24, 2.45) is 0 Å². The van der Waals surface area contributed by atoms with E-state index in [4.69, 9.17) is 4.74 Å². The fraction of sp³-hybridized carbons (Fsp3) is 0.300. The number of esters is 1. The number of carbonyl (C=O) groups excluding carboxylic acids is 2. The summed E-state index contributed by atoms with van der Waals surface area (Å²) in [6.07, 6.45) is 2.74. The minimum atomic E-state index is -3.53. The van der Waals surface area contributed by atoms with Crippen molar-refractivity contribution in [3.8, 4) is 0 Å². The highest BCUT2D eigenvalue weighted by Crippen LogP contribution is 2.22. The molecule has 0 aliphatic carbocycles. The first-order chi connectivity index (χ1) is 14.6. The van der Waals surface area contributed by atoms with Crippen LogP contribution in [0, 0.1) is 0 Å². The van der Waals surface area contributed by atoms with Crippen LogP contribution in [0.4, 0.5) is 5.69 Å². The molecular formula is C20H22N2O7S2. The summed E-state index contributed by atoms with van der Waals surface area (Å²) in [5.74, 6) is -1.38. The minimum absolute atomic E-state index is 0.0667. The van der Waals surface area contributed by atoms with Crippen LogP contribution in [0.3, 0.4) is 0 Å². The Morgan fingerprint density at radius 3 is 2.00 bits per heavy atom. The molecule has 0 saturated carbocycles. The Hall–Kier alpha value is -2.76. The zero-order valence-electron chi connectivity index (χ0n) is 16.8. The highest BCUT2D eigenvalue weighted by molar-refractivity contribution is 7.90. The molecule has 0 unspecified atom stereocenters. The van der Waals surface area contributed by atoms with Gasteiger partial charge in [0.15, 0.2) is 16.4 Å². The predicted molar refractivity (Wildman–Crippen MR) is 113 cm³/mol. The van der Waals surface area contributed by atoms with Gasteiger partial charge in [0.25, 0.3) is 5.91 Å². The van der Waals surface area contributed by atoms with Crippen LogP contribution in [-0.2, 0) is 29.4 Å². The standard InChI is InChI=1S/C20H22N2O7S2/c1-30(25,26)17-8-4-15(5-9-17)20(24)29-14-19(23)21-16-6-10-18(11-7-16)31(27,28)22-12-2-3-13-22/h4-11H,2-3,12-14H2,1H3,(H,21,23). The number of sulfone groups is 1. The first-order valence-electron chi connectivity index (χ1n) is 9.45. The van der Waals surface area contributed by atoms with E-state index in [1.54, 1.807) is 0 Å². The third-order valence-corrected chi connectivity index (χ3v) is 7.73. The molecule has 0 radical (unpaired) electrons. The van der Waals surface area contributed by atoms with Gasteiger partial charge in [-0.3, -0.25) is 4.79 Å². The number of rotatable bonds is 7. The van der Waals surface area contributed by atoms with Gasteiger partial charge in [-0.2, -0.15) is 4.31 Å². The Morgan fingerprint density at radius 1 is 0.903 bits per heavy atom. The second kappa shape index (κ2) is 9.16. The summed E-state index contributed by atoms with van der Waals surface area (Å²) in [5.41, 5.74) is 0.468. The van der Waals surface area contributed by atoms with Crippen molar-refractivity contribution in [3.63, 3.8) is 0 Å². The van der Waals surface area contributed by atoms with Gasteiger partial charge in [0.05, 0.1) is 15.4 Å². The number of benzene rings is 2. The molecule has 0 aromatic heterocycles. The highest BCUT2D eigenvalue weighted by Gasteiger charge is 2.27. The molecule has 0 atom stereocenters. The van der Waals surface area contributed by atoms with Crippen LogP contribution in [0.2, 0.25) is 0 Å². The van der Waals surface area contributed by atoms with Crippen LogP contribution in [0.5, 0.6) is 0 Å². The summed E-state index contributed by atoms with van der Waals surface area (Å²) in [4.78, 5) is 24.3. The molecule has 31 heavy (non-hydrogen) atoms. The molecule has 1 N–H and O–H groups in total. The lowest BCUT2D eigenvalue weighted by molar-refractivity contribution is -0.119. The van der Waals surface area contributed by atoms with Crippen molar-refractivity contribution in [2.75, 3.05) is 31.3 Å². The number of hydrogen-bond acceptors (Lipinski definition) is 7. The van der Waals surface area contributed by atoms with Crippen LogP contribution in [0.1, 0.15) is 23.2 Å². The molecule has 3 rings (SSSR count). The number of nitrogens with one attached hydrogen (secondary N) is 1. The number of hydrogen-bond donors (Lipinski definition) is 1. The summed E-state index contributed by atoms with van der Waals surface area (Å²) >= 11 is 0. The van der Waals surface area contributed by atoms with Crippen molar-refractivity contribution in [1.29, 1.82) is 0 Å². The normalized spacial score (nSPS) is 14.9. The summed E-state index contributed by atoms with van der Waals surface area (Å²) in [7, 11) is -6.91. The largest absolute Gasteiger partial charge is 0.452 e. The zero-order valence-corrected chi connectivity index (χ0v) is 18.4. The van der Waals surface area contributed by atoms with Crippen molar-refractivity contribution in [3.05, 3.63) is 54.1 Å². The van der Waals surface area contributed by atoms with E-state index in [1.165, 1.54) is 52.8 Å². The molecule has 1 fully saturated rings. The molecule has 2 aromatic carbocycles. The lowest BCUT2D eigenvalue weighted by Gasteiger charge is -2.15.